The minimum absolute atomic E-state index is 0.0784. The van der Waals surface area contributed by atoms with Gasteiger partial charge in [-0.05, 0) is 5.92 Å². The SMILES string of the molecule is CC(C)C(NC(=O)C(N)CS)C(=O)NC(CC(=O)O)C(=O)O. The van der Waals surface area contributed by atoms with Gasteiger partial charge >= 0.3 is 11.9 Å². The second kappa shape index (κ2) is 9.26. The Bertz CT molecular complexity index is 443. The molecule has 0 aliphatic carbocycles. The average molecular weight is 335 g/mol. The number of nitrogens with one attached hydrogen (secondary N) is 2. The second-order valence-electron chi connectivity index (χ2n) is 5.02. The first kappa shape index (κ1) is 20.2. The number of rotatable bonds is 9. The number of carboxylic acid groups (broad SMARTS) is 2. The molecule has 0 fully saturated rings. The largest absolute Gasteiger partial charge is 0.481 e. The third-order valence-electron chi connectivity index (χ3n) is 2.77. The van der Waals surface area contributed by atoms with Crippen molar-refractivity contribution >= 4 is 36.4 Å². The highest BCUT2D eigenvalue weighted by molar-refractivity contribution is 7.80. The summed E-state index contributed by atoms with van der Waals surface area (Å²) in [6.07, 6.45) is -0.768. The Hall–Kier alpha value is -1.81. The first-order chi connectivity index (χ1) is 10.1. The lowest BCUT2D eigenvalue weighted by Gasteiger charge is -2.24. The van der Waals surface area contributed by atoms with E-state index in [2.05, 4.69) is 23.3 Å². The molecular weight excluding hydrogens is 314 g/mol. The van der Waals surface area contributed by atoms with E-state index in [1.807, 2.05) is 0 Å². The predicted octanol–water partition coefficient (Wildman–Crippen LogP) is -1.57. The van der Waals surface area contributed by atoms with Gasteiger partial charge in [-0.2, -0.15) is 12.6 Å². The topological polar surface area (TPSA) is 159 Å². The van der Waals surface area contributed by atoms with Crippen LogP contribution in [0.2, 0.25) is 0 Å². The minimum atomic E-state index is -1.58. The van der Waals surface area contributed by atoms with Crippen LogP contribution in [0.4, 0.5) is 0 Å². The van der Waals surface area contributed by atoms with Gasteiger partial charge < -0.3 is 26.6 Å². The fourth-order valence-electron chi connectivity index (χ4n) is 1.51. The summed E-state index contributed by atoms with van der Waals surface area (Å²) in [5, 5.41) is 22.0. The molecule has 0 saturated heterocycles. The van der Waals surface area contributed by atoms with Crippen molar-refractivity contribution in [1.82, 2.24) is 10.6 Å². The van der Waals surface area contributed by atoms with Crippen molar-refractivity contribution in [2.75, 3.05) is 5.75 Å². The summed E-state index contributed by atoms with van der Waals surface area (Å²) in [6, 6.07) is -3.53. The van der Waals surface area contributed by atoms with E-state index in [1.54, 1.807) is 13.8 Å². The van der Waals surface area contributed by atoms with Gasteiger partial charge in [0.2, 0.25) is 11.8 Å². The number of carbonyl (C=O) groups is 4. The van der Waals surface area contributed by atoms with E-state index in [9.17, 15) is 19.2 Å². The third kappa shape index (κ3) is 6.76. The maximum Gasteiger partial charge on any atom is 0.326 e. The lowest BCUT2D eigenvalue weighted by atomic mass is 10.0. The molecule has 0 aromatic heterocycles. The Morgan fingerprint density at radius 2 is 1.64 bits per heavy atom. The normalized spacial score (nSPS) is 14.8. The molecule has 9 nitrogen and oxygen atoms in total. The number of hydrogen-bond acceptors (Lipinski definition) is 6. The Labute approximate surface area is 133 Å². The van der Waals surface area contributed by atoms with Gasteiger partial charge in [0.05, 0.1) is 12.5 Å². The Balaban J connectivity index is 4.95. The van der Waals surface area contributed by atoms with Crippen LogP contribution >= 0.6 is 12.6 Å². The lowest BCUT2D eigenvalue weighted by molar-refractivity contribution is -0.147. The summed E-state index contributed by atoms with van der Waals surface area (Å²) in [4.78, 5) is 45.3. The molecule has 2 amide bonds. The van der Waals surface area contributed by atoms with E-state index in [0.717, 1.165) is 0 Å². The molecule has 0 aromatic rings. The van der Waals surface area contributed by atoms with Crippen molar-refractivity contribution in [1.29, 1.82) is 0 Å². The number of carboxylic acids is 2. The number of hydrogen-bond donors (Lipinski definition) is 6. The number of thiol groups is 1. The fraction of sp³-hybridized carbons (Fsp3) is 0.667. The van der Waals surface area contributed by atoms with Crippen molar-refractivity contribution in [3.63, 3.8) is 0 Å². The Kier molecular flexibility index (Phi) is 8.50. The van der Waals surface area contributed by atoms with Crippen LogP contribution in [0.5, 0.6) is 0 Å². The van der Waals surface area contributed by atoms with E-state index in [1.165, 1.54) is 0 Å². The smallest absolute Gasteiger partial charge is 0.326 e. The van der Waals surface area contributed by atoms with E-state index in [0.29, 0.717) is 0 Å². The van der Waals surface area contributed by atoms with Crippen LogP contribution in [-0.4, -0.2) is 57.8 Å². The van der Waals surface area contributed by atoms with Crippen molar-refractivity contribution in [2.45, 2.75) is 38.4 Å². The summed E-state index contributed by atoms with van der Waals surface area (Å²) in [7, 11) is 0. The lowest BCUT2D eigenvalue weighted by Crippen LogP contribution is -2.56. The molecule has 0 aliphatic rings. The van der Waals surface area contributed by atoms with Gasteiger partial charge in [0.1, 0.15) is 12.1 Å². The average Bonchev–Trinajstić information content (AvgIpc) is 2.41. The first-order valence-corrected chi connectivity index (χ1v) is 7.15. The van der Waals surface area contributed by atoms with Gasteiger partial charge in [-0.25, -0.2) is 4.79 Å². The molecule has 0 rings (SSSR count). The van der Waals surface area contributed by atoms with Crippen LogP contribution in [0.1, 0.15) is 20.3 Å². The standard InChI is InChI=1S/C12H21N3O6S/c1-5(2)9(15-10(18)6(13)4-22)11(19)14-7(12(20)21)3-8(16)17/h5-7,9,22H,3-4,13H2,1-2H3,(H,14,19)(H,15,18)(H,16,17)(H,20,21). The van der Waals surface area contributed by atoms with Crippen molar-refractivity contribution in [3.8, 4) is 0 Å². The van der Waals surface area contributed by atoms with Crippen LogP contribution in [0.15, 0.2) is 0 Å². The molecule has 0 radical (unpaired) electrons. The van der Waals surface area contributed by atoms with Gasteiger partial charge in [0.25, 0.3) is 0 Å². The summed E-state index contributed by atoms with van der Waals surface area (Å²) in [6.45, 7) is 3.29. The Morgan fingerprint density at radius 1 is 1.09 bits per heavy atom. The molecule has 0 bridgehead atoms. The van der Waals surface area contributed by atoms with Gasteiger partial charge in [0.15, 0.2) is 0 Å². The summed E-state index contributed by atoms with van der Waals surface area (Å²) < 4.78 is 0. The van der Waals surface area contributed by atoms with Crippen molar-refractivity contribution < 1.29 is 29.4 Å². The molecular formula is C12H21N3O6S. The third-order valence-corrected chi connectivity index (χ3v) is 3.17. The maximum absolute atomic E-state index is 12.1. The maximum atomic E-state index is 12.1. The second-order valence-corrected chi connectivity index (χ2v) is 5.38. The highest BCUT2D eigenvalue weighted by Crippen LogP contribution is 2.04. The molecule has 0 heterocycles. The molecule has 10 heteroatoms. The molecule has 22 heavy (non-hydrogen) atoms. The van der Waals surface area contributed by atoms with Crippen LogP contribution in [-0.2, 0) is 19.2 Å². The molecule has 126 valence electrons. The van der Waals surface area contributed by atoms with Crippen molar-refractivity contribution in [2.24, 2.45) is 11.7 Å². The molecule has 3 unspecified atom stereocenters. The molecule has 0 aliphatic heterocycles. The molecule has 3 atom stereocenters. The minimum Gasteiger partial charge on any atom is -0.481 e. The Morgan fingerprint density at radius 3 is 2.00 bits per heavy atom. The zero-order valence-electron chi connectivity index (χ0n) is 12.3. The van der Waals surface area contributed by atoms with Crippen LogP contribution in [0.3, 0.4) is 0 Å². The first-order valence-electron chi connectivity index (χ1n) is 6.51. The molecule has 0 aromatic carbocycles. The van der Waals surface area contributed by atoms with Gasteiger partial charge in [-0.15, -0.1) is 0 Å². The van der Waals surface area contributed by atoms with E-state index >= 15 is 0 Å². The predicted molar refractivity (Wildman–Crippen MR) is 80.4 cm³/mol. The number of amides is 2. The fourth-order valence-corrected chi connectivity index (χ4v) is 1.68. The zero-order chi connectivity index (χ0) is 17.4. The number of nitrogens with two attached hydrogens (primary N) is 1. The highest BCUT2D eigenvalue weighted by atomic mass is 32.1. The van der Waals surface area contributed by atoms with E-state index in [4.69, 9.17) is 15.9 Å². The van der Waals surface area contributed by atoms with Gasteiger partial charge in [-0.1, -0.05) is 13.8 Å². The monoisotopic (exact) mass is 335 g/mol. The van der Waals surface area contributed by atoms with Crippen LogP contribution in [0.25, 0.3) is 0 Å². The van der Waals surface area contributed by atoms with Crippen molar-refractivity contribution in [3.05, 3.63) is 0 Å². The van der Waals surface area contributed by atoms with Crippen LogP contribution in [0, 0.1) is 5.92 Å². The summed E-state index contributed by atoms with van der Waals surface area (Å²) in [5.41, 5.74) is 5.49. The number of aliphatic carboxylic acids is 2. The van der Waals surface area contributed by atoms with Gasteiger partial charge in [-0.3, -0.25) is 14.4 Å². The molecule has 0 spiro atoms. The quantitative estimate of drug-likeness (QED) is 0.278. The molecule has 6 N–H and O–H groups in total. The summed E-state index contributed by atoms with van der Waals surface area (Å²) in [5.74, 6) is -4.51. The zero-order valence-corrected chi connectivity index (χ0v) is 13.2. The molecule has 0 saturated carbocycles. The summed E-state index contributed by atoms with van der Waals surface area (Å²) >= 11 is 3.87. The van der Waals surface area contributed by atoms with E-state index in [-0.39, 0.29) is 11.7 Å². The van der Waals surface area contributed by atoms with Gasteiger partial charge in [0, 0.05) is 5.75 Å². The van der Waals surface area contributed by atoms with E-state index < -0.39 is 48.3 Å². The highest BCUT2D eigenvalue weighted by Gasteiger charge is 2.30. The van der Waals surface area contributed by atoms with Crippen LogP contribution < -0.4 is 16.4 Å². The number of carbonyl (C=O) groups excluding carboxylic acids is 2.